The van der Waals surface area contributed by atoms with Crippen molar-refractivity contribution in [1.82, 2.24) is 14.5 Å². The molecule has 2 aliphatic rings. The second-order valence-corrected chi connectivity index (χ2v) is 12.1. The van der Waals surface area contributed by atoms with Gasteiger partial charge in [-0.25, -0.2) is 27.9 Å². The molecule has 0 saturated carbocycles. The van der Waals surface area contributed by atoms with E-state index < -0.39 is 23.4 Å². The van der Waals surface area contributed by atoms with E-state index in [9.17, 15) is 9.90 Å². The Morgan fingerprint density at radius 2 is 1.80 bits per heavy atom. The molecular formula is C37H32F3N5O5. The number of rotatable bonds is 12. The number of imidazole rings is 1. The Labute approximate surface area is 284 Å². The highest BCUT2D eigenvalue weighted by atomic mass is 19.1. The van der Waals surface area contributed by atoms with Crippen molar-refractivity contribution < 1.29 is 37.3 Å². The highest BCUT2D eigenvalue weighted by molar-refractivity contribution is 6.09. The summed E-state index contributed by atoms with van der Waals surface area (Å²) in [7, 11) is 0. The Kier molecular flexibility index (Phi) is 9.33. The Balaban J connectivity index is 1.08. The number of carboxylic acid groups (broad SMARTS) is 1. The fourth-order valence-corrected chi connectivity index (χ4v) is 5.72. The van der Waals surface area contributed by atoms with Crippen LogP contribution in [0.4, 0.5) is 13.2 Å². The lowest BCUT2D eigenvalue weighted by Gasteiger charge is -2.27. The van der Waals surface area contributed by atoms with Gasteiger partial charge in [0.2, 0.25) is 5.88 Å². The van der Waals surface area contributed by atoms with Crippen LogP contribution in [0.5, 0.6) is 5.88 Å². The fraction of sp³-hybridized carbons (Fsp3) is 0.243. The molecule has 50 heavy (non-hydrogen) atoms. The first-order valence-corrected chi connectivity index (χ1v) is 16.0. The summed E-state index contributed by atoms with van der Waals surface area (Å²) in [5.74, 6) is -2.42. The molecule has 0 amide bonds. The molecule has 1 atom stereocenters. The van der Waals surface area contributed by atoms with Gasteiger partial charge in [-0.1, -0.05) is 18.2 Å². The van der Waals surface area contributed by atoms with Crippen molar-refractivity contribution >= 4 is 28.8 Å². The number of hydrogen-bond acceptors (Lipinski definition) is 8. The molecule has 3 aromatic carbocycles. The van der Waals surface area contributed by atoms with Gasteiger partial charge < -0.3 is 29.6 Å². The van der Waals surface area contributed by atoms with Gasteiger partial charge in [0.1, 0.15) is 29.9 Å². The van der Waals surface area contributed by atoms with Gasteiger partial charge in [0, 0.05) is 48.2 Å². The Morgan fingerprint density at radius 1 is 1.00 bits per heavy atom. The normalized spacial score (nSPS) is 16.5. The van der Waals surface area contributed by atoms with Gasteiger partial charge in [-0.15, -0.1) is 0 Å². The number of aromatic carboxylic acids is 1. The minimum Gasteiger partial charge on any atom is -0.478 e. The summed E-state index contributed by atoms with van der Waals surface area (Å²) in [6, 6.07) is 16.1. The van der Waals surface area contributed by atoms with Gasteiger partial charge >= 0.3 is 5.97 Å². The summed E-state index contributed by atoms with van der Waals surface area (Å²) < 4.78 is 64.5. The standard InChI is InChI=1S/C37H32F3N5O5/c38-29-10-21(25(15-41)16-42-26-19-48-20-26)4-5-23(29)18-50-36-3-1-2-32(44-36)28-14-30(39)24(11-31(28)40)13-35-43-33-7-6-22(37(46)47)12-34(33)45(35)17-27-8-9-49-27/h1-7,10-12,14-16,26-27H,8-9,13,17-20,41H2,(H,46,47)/t27-/m0/s1. The summed E-state index contributed by atoms with van der Waals surface area (Å²) in [5.41, 5.74) is 8.45. The number of aromatic nitrogens is 3. The molecule has 256 valence electrons. The van der Waals surface area contributed by atoms with E-state index in [0.717, 1.165) is 18.6 Å². The van der Waals surface area contributed by atoms with Crippen LogP contribution >= 0.6 is 0 Å². The van der Waals surface area contributed by atoms with E-state index >= 15 is 13.2 Å². The zero-order chi connectivity index (χ0) is 34.8. The number of hydrogen-bond donors (Lipinski definition) is 2. The molecule has 2 aromatic heterocycles. The van der Waals surface area contributed by atoms with Crippen LogP contribution in [0.15, 0.2) is 77.9 Å². The molecule has 0 spiro atoms. The quantitative estimate of drug-likeness (QED) is 0.154. The number of aliphatic imine (C=N–C) groups is 1. The molecule has 0 unspecified atom stereocenters. The van der Waals surface area contributed by atoms with Gasteiger partial charge in [0.15, 0.2) is 0 Å². The van der Waals surface area contributed by atoms with Crippen molar-refractivity contribution in [1.29, 1.82) is 0 Å². The van der Waals surface area contributed by atoms with Crippen LogP contribution in [0.3, 0.4) is 0 Å². The predicted molar refractivity (Wildman–Crippen MR) is 179 cm³/mol. The van der Waals surface area contributed by atoms with Gasteiger partial charge in [0.25, 0.3) is 0 Å². The van der Waals surface area contributed by atoms with Gasteiger partial charge in [0.05, 0.1) is 54.2 Å². The average molecular weight is 684 g/mol. The van der Waals surface area contributed by atoms with Gasteiger partial charge in [-0.05, 0) is 60.0 Å². The van der Waals surface area contributed by atoms with Crippen LogP contribution in [-0.2, 0) is 29.0 Å². The van der Waals surface area contributed by atoms with Crippen molar-refractivity contribution in [3.05, 3.63) is 118 Å². The highest BCUT2D eigenvalue weighted by Gasteiger charge is 2.24. The van der Waals surface area contributed by atoms with E-state index in [1.807, 2.05) is 4.57 Å². The first kappa shape index (κ1) is 33.0. The van der Waals surface area contributed by atoms with Crippen LogP contribution in [-0.4, -0.2) is 63.8 Å². The second-order valence-electron chi connectivity index (χ2n) is 12.1. The molecule has 13 heteroatoms. The molecule has 0 radical (unpaired) electrons. The highest BCUT2D eigenvalue weighted by Crippen LogP contribution is 2.29. The zero-order valence-electron chi connectivity index (χ0n) is 26.7. The molecule has 10 nitrogen and oxygen atoms in total. The van der Waals surface area contributed by atoms with Crippen LogP contribution < -0.4 is 10.5 Å². The van der Waals surface area contributed by atoms with E-state index in [-0.39, 0.29) is 59.0 Å². The van der Waals surface area contributed by atoms with Crippen LogP contribution in [0.25, 0.3) is 27.9 Å². The fourth-order valence-electron chi connectivity index (χ4n) is 5.72. The third-order valence-corrected chi connectivity index (χ3v) is 8.72. The largest absolute Gasteiger partial charge is 0.478 e. The Hall–Kier alpha value is -5.53. The average Bonchev–Trinajstić information content (AvgIpc) is 3.40. The minimum atomic E-state index is -1.08. The second kappa shape index (κ2) is 14.1. The molecule has 2 saturated heterocycles. The van der Waals surface area contributed by atoms with E-state index in [2.05, 4.69) is 15.0 Å². The maximum atomic E-state index is 15.6. The number of pyridine rings is 1. The number of benzene rings is 3. The maximum absolute atomic E-state index is 15.6. The number of carboxylic acids is 1. The van der Waals surface area contributed by atoms with Gasteiger partial charge in [-0.2, -0.15) is 0 Å². The topological polar surface area (TPSA) is 134 Å². The first-order chi connectivity index (χ1) is 24.2. The molecule has 5 aromatic rings. The van der Waals surface area contributed by atoms with E-state index in [1.165, 1.54) is 30.5 Å². The number of nitrogens with two attached hydrogens (primary N) is 1. The molecule has 2 aliphatic heterocycles. The summed E-state index contributed by atoms with van der Waals surface area (Å²) in [6.07, 6.45) is 3.66. The summed E-state index contributed by atoms with van der Waals surface area (Å²) in [5, 5.41) is 9.50. The molecule has 7 rings (SSSR count). The lowest BCUT2D eigenvalue weighted by atomic mass is 10.0. The number of halogens is 3. The Bertz CT molecular complexity index is 2140. The van der Waals surface area contributed by atoms with Gasteiger partial charge in [-0.3, -0.25) is 4.99 Å². The smallest absolute Gasteiger partial charge is 0.335 e. The van der Waals surface area contributed by atoms with Crippen LogP contribution in [0.1, 0.15) is 39.3 Å². The molecule has 2 fully saturated rings. The first-order valence-electron chi connectivity index (χ1n) is 16.0. The molecule has 0 bridgehead atoms. The SMILES string of the molecule is NC=C(C=NC1COC1)c1ccc(COc2cccc(-c3cc(F)c(Cc4nc5ccc(C(=O)O)cc5n4C[C@@H]4CCO4)cc3F)n2)c(F)c1. The van der Waals surface area contributed by atoms with Crippen molar-refractivity contribution in [2.45, 2.75) is 38.1 Å². The summed E-state index contributed by atoms with van der Waals surface area (Å²) in [6.45, 7) is 1.96. The van der Waals surface area contributed by atoms with Crippen molar-refractivity contribution in [2.75, 3.05) is 19.8 Å². The molecular weight excluding hydrogens is 651 g/mol. The monoisotopic (exact) mass is 683 g/mol. The minimum absolute atomic E-state index is 0.0430. The predicted octanol–water partition coefficient (Wildman–Crippen LogP) is 5.94. The van der Waals surface area contributed by atoms with Crippen molar-refractivity contribution in [3.63, 3.8) is 0 Å². The molecule has 3 N–H and O–H groups in total. The lowest BCUT2D eigenvalue weighted by Crippen LogP contribution is -2.31. The molecule has 0 aliphatic carbocycles. The summed E-state index contributed by atoms with van der Waals surface area (Å²) in [4.78, 5) is 25.0. The number of allylic oxidation sites excluding steroid dienone is 1. The third-order valence-electron chi connectivity index (χ3n) is 8.72. The summed E-state index contributed by atoms with van der Waals surface area (Å²) >= 11 is 0. The van der Waals surface area contributed by atoms with Crippen LogP contribution in [0.2, 0.25) is 0 Å². The number of nitrogens with zero attached hydrogens (tertiary/aromatic N) is 4. The number of fused-ring (bicyclic) bond motifs is 1. The molecule has 4 heterocycles. The van der Waals surface area contributed by atoms with Crippen molar-refractivity contribution in [2.24, 2.45) is 10.7 Å². The lowest BCUT2D eigenvalue weighted by molar-refractivity contribution is -0.0589. The third kappa shape index (κ3) is 6.96. The Morgan fingerprint density at radius 3 is 2.50 bits per heavy atom. The maximum Gasteiger partial charge on any atom is 0.335 e. The zero-order valence-corrected chi connectivity index (χ0v) is 26.7. The van der Waals surface area contributed by atoms with E-state index in [4.69, 9.17) is 19.9 Å². The van der Waals surface area contributed by atoms with E-state index in [1.54, 1.807) is 36.5 Å². The van der Waals surface area contributed by atoms with Crippen molar-refractivity contribution in [3.8, 4) is 17.1 Å². The number of ether oxygens (including phenoxy) is 3. The number of carbonyl (C=O) groups is 1. The van der Waals surface area contributed by atoms with E-state index in [0.29, 0.717) is 54.4 Å². The van der Waals surface area contributed by atoms with Crippen LogP contribution in [0, 0.1) is 17.5 Å².